The van der Waals surface area contributed by atoms with Gasteiger partial charge < -0.3 is 10.1 Å². The Bertz CT molecular complexity index is 230. The maximum Gasteiger partial charge on any atom is 0.323 e. The van der Waals surface area contributed by atoms with Crippen LogP contribution in [0.5, 0.6) is 0 Å². The van der Waals surface area contributed by atoms with Gasteiger partial charge in [0.15, 0.2) is 0 Å². The molecule has 3 heteroatoms. The smallest absolute Gasteiger partial charge is 0.323 e. The molecule has 0 amide bonds. The molecule has 0 unspecified atom stereocenters. The van der Waals surface area contributed by atoms with Crippen LogP contribution in [0.15, 0.2) is 0 Å². The van der Waals surface area contributed by atoms with Crippen molar-refractivity contribution in [3.63, 3.8) is 0 Å². The number of hydrogen-bond donors (Lipinski definition) is 1. The van der Waals surface area contributed by atoms with Gasteiger partial charge in [0.2, 0.25) is 0 Å². The number of carbonyl (C=O) groups is 1. The maximum absolute atomic E-state index is 11.6. The second-order valence-electron chi connectivity index (χ2n) is 4.75. The van der Waals surface area contributed by atoms with Gasteiger partial charge in [-0.1, -0.05) is 19.3 Å². The molecule has 2 fully saturated rings. The third-order valence-electron chi connectivity index (χ3n) is 3.80. The molecular weight excluding hydrogens is 190 g/mol. The molecule has 0 aromatic rings. The minimum Gasteiger partial charge on any atom is -0.465 e. The van der Waals surface area contributed by atoms with Gasteiger partial charge in [-0.3, -0.25) is 4.79 Å². The summed E-state index contributed by atoms with van der Waals surface area (Å²) >= 11 is 0. The predicted octanol–water partition coefficient (Wildman–Crippen LogP) is 1.72. The van der Waals surface area contributed by atoms with Crippen LogP contribution in [0.4, 0.5) is 0 Å². The van der Waals surface area contributed by atoms with Gasteiger partial charge in [0.25, 0.3) is 0 Å². The highest BCUT2D eigenvalue weighted by Gasteiger charge is 2.35. The van der Waals surface area contributed by atoms with Gasteiger partial charge in [-0.2, -0.15) is 0 Å². The number of carbonyl (C=O) groups excluding carboxylic acids is 1. The number of ether oxygens (including phenoxy) is 1. The normalized spacial score (nSPS) is 35.7. The number of esters is 1. The third kappa shape index (κ3) is 2.51. The van der Waals surface area contributed by atoms with E-state index >= 15 is 0 Å². The van der Waals surface area contributed by atoms with E-state index in [-0.39, 0.29) is 12.0 Å². The van der Waals surface area contributed by atoms with E-state index in [1.54, 1.807) is 0 Å². The summed E-state index contributed by atoms with van der Waals surface area (Å²) in [6.45, 7) is 3.36. The van der Waals surface area contributed by atoms with Crippen molar-refractivity contribution in [1.82, 2.24) is 5.32 Å². The number of fused-ring (bicyclic) bond motifs is 1. The summed E-state index contributed by atoms with van der Waals surface area (Å²) in [7, 11) is 0. The summed E-state index contributed by atoms with van der Waals surface area (Å²) in [6.07, 6.45) is 6.35. The highest BCUT2D eigenvalue weighted by Crippen LogP contribution is 2.35. The Morgan fingerprint density at radius 2 is 2.07 bits per heavy atom. The minimum atomic E-state index is -0.0541. The molecule has 2 rings (SSSR count). The number of piperidine rings is 1. The van der Waals surface area contributed by atoms with Crippen molar-refractivity contribution in [1.29, 1.82) is 0 Å². The average Bonchev–Trinajstić information content (AvgIpc) is 2.29. The number of nitrogens with one attached hydrogen (secondary N) is 1. The molecule has 0 aromatic carbocycles. The van der Waals surface area contributed by atoms with Crippen LogP contribution in [0.3, 0.4) is 0 Å². The lowest BCUT2D eigenvalue weighted by Crippen LogP contribution is -2.49. The predicted molar refractivity (Wildman–Crippen MR) is 58.5 cm³/mol. The Morgan fingerprint density at radius 3 is 2.80 bits per heavy atom. The van der Waals surface area contributed by atoms with Crippen LogP contribution < -0.4 is 5.32 Å². The second-order valence-corrected chi connectivity index (χ2v) is 4.75. The van der Waals surface area contributed by atoms with Crippen molar-refractivity contribution in [2.45, 2.75) is 45.1 Å². The fourth-order valence-electron chi connectivity index (χ4n) is 2.97. The van der Waals surface area contributed by atoms with E-state index in [9.17, 15) is 4.79 Å². The Hall–Kier alpha value is -0.570. The van der Waals surface area contributed by atoms with Crippen molar-refractivity contribution in [3.05, 3.63) is 0 Å². The van der Waals surface area contributed by atoms with Crippen LogP contribution in [0, 0.1) is 11.8 Å². The highest BCUT2D eigenvalue weighted by molar-refractivity contribution is 5.75. The molecule has 2 aliphatic rings. The molecule has 3 atom stereocenters. The van der Waals surface area contributed by atoms with Gasteiger partial charge in [-0.25, -0.2) is 0 Å². The van der Waals surface area contributed by atoms with Crippen LogP contribution in [0.25, 0.3) is 0 Å². The molecule has 1 heterocycles. The summed E-state index contributed by atoms with van der Waals surface area (Å²) in [4.78, 5) is 11.6. The van der Waals surface area contributed by atoms with Crippen molar-refractivity contribution in [2.24, 2.45) is 11.8 Å². The van der Waals surface area contributed by atoms with Crippen molar-refractivity contribution in [3.8, 4) is 0 Å². The van der Waals surface area contributed by atoms with E-state index in [1.165, 1.54) is 25.7 Å². The van der Waals surface area contributed by atoms with Crippen LogP contribution in [-0.4, -0.2) is 25.2 Å². The molecule has 1 aliphatic heterocycles. The maximum atomic E-state index is 11.6. The molecule has 0 bridgehead atoms. The first-order valence-corrected chi connectivity index (χ1v) is 6.21. The molecule has 1 N–H and O–H groups in total. The lowest BCUT2D eigenvalue weighted by Gasteiger charge is -2.39. The zero-order chi connectivity index (χ0) is 10.7. The standard InChI is InChI=1S/C12H21NO2/c1-2-15-12(14)11-7-9-5-3-4-6-10(9)8-13-11/h9-11,13H,2-8H2,1H3/t9-,10+,11-/m0/s1. The van der Waals surface area contributed by atoms with Gasteiger partial charge in [0, 0.05) is 0 Å². The summed E-state index contributed by atoms with van der Waals surface area (Å²) < 4.78 is 5.06. The van der Waals surface area contributed by atoms with E-state index in [0.717, 1.165) is 24.8 Å². The van der Waals surface area contributed by atoms with E-state index in [0.29, 0.717) is 6.61 Å². The summed E-state index contributed by atoms with van der Waals surface area (Å²) in [6, 6.07) is -0.0377. The largest absolute Gasteiger partial charge is 0.465 e. The van der Waals surface area contributed by atoms with E-state index in [1.807, 2.05) is 6.92 Å². The summed E-state index contributed by atoms with van der Waals surface area (Å²) in [5.74, 6) is 1.51. The zero-order valence-electron chi connectivity index (χ0n) is 9.50. The van der Waals surface area contributed by atoms with Gasteiger partial charge in [0.1, 0.15) is 6.04 Å². The SMILES string of the molecule is CCOC(=O)[C@@H]1C[C@@H]2CCCC[C@@H]2CN1. The Labute approximate surface area is 91.6 Å². The topological polar surface area (TPSA) is 38.3 Å². The molecule has 0 radical (unpaired) electrons. The summed E-state index contributed by atoms with van der Waals surface area (Å²) in [5.41, 5.74) is 0. The lowest BCUT2D eigenvalue weighted by molar-refractivity contribution is -0.147. The minimum absolute atomic E-state index is 0.0377. The van der Waals surface area contributed by atoms with E-state index < -0.39 is 0 Å². The van der Waals surface area contributed by atoms with Crippen molar-refractivity contribution < 1.29 is 9.53 Å². The van der Waals surface area contributed by atoms with Crippen molar-refractivity contribution in [2.75, 3.05) is 13.2 Å². The monoisotopic (exact) mass is 211 g/mol. The number of rotatable bonds is 2. The van der Waals surface area contributed by atoms with Crippen molar-refractivity contribution >= 4 is 5.97 Å². The fourth-order valence-corrected chi connectivity index (χ4v) is 2.97. The number of hydrogen-bond acceptors (Lipinski definition) is 3. The van der Waals surface area contributed by atoms with Crippen LogP contribution >= 0.6 is 0 Å². The van der Waals surface area contributed by atoms with Gasteiger partial charge in [0.05, 0.1) is 6.61 Å². The zero-order valence-corrected chi connectivity index (χ0v) is 9.50. The first-order valence-electron chi connectivity index (χ1n) is 6.21. The molecule has 15 heavy (non-hydrogen) atoms. The summed E-state index contributed by atoms with van der Waals surface area (Å²) in [5, 5.41) is 3.33. The average molecular weight is 211 g/mol. The Morgan fingerprint density at radius 1 is 1.33 bits per heavy atom. The Balaban J connectivity index is 1.87. The third-order valence-corrected chi connectivity index (χ3v) is 3.80. The molecule has 1 saturated heterocycles. The molecular formula is C12H21NO2. The fraction of sp³-hybridized carbons (Fsp3) is 0.917. The lowest BCUT2D eigenvalue weighted by atomic mass is 9.74. The molecule has 1 aliphatic carbocycles. The quantitative estimate of drug-likeness (QED) is 0.707. The van der Waals surface area contributed by atoms with Crippen LogP contribution in [0.2, 0.25) is 0 Å². The molecule has 3 nitrogen and oxygen atoms in total. The van der Waals surface area contributed by atoms with E-state index in [2.05, 4.69) is 5.32 Å². The molecule has 0 aromatic heterocycles. The molecule has 86 valence electrons. The molecule has 0 spiro atoms. The first kappa shape index (κ1) is 10.9. The van der Waals surface area contributed by atoms with Gasteiger partial charge in [-0.15, -0.1) is 0 Å². The van der Waals surface area contributed by atoms with E-state index in [4.69, 9.17) is 4.74 Å². The second kappa shape index (κ2) is 4.97. The van der Waals surface area contributed by atoms with Gasteiger partial charge in [-0.05, 0) is 38.1 Å². The Kier molecular flexibility index (Phi) is 3.62. The van der Waals surface area contributed by atoms with Gasteiger partial charge >= 0.3 is 5.97 Å². The van der Waals surface area contributed by atoms with Crippen LogP contribution in [-0.2, 0) is 9.53 Å². The van der Waals surface area contributed by atoms with Crippen LogP contribution in [0.1, 0.15) is 39.0 Å². The highest BCUT2D eigenvalue weighted by atomic mass is 16.5. The first-order chi connectivity index (χ1) is 7.31. The molecule has 1 saturated carbocycles.